The van der Waals surface area contributed by atoms with E-state index < -0.39 is 52.5 Å². The van der Waals surface area contributed by atoms with Crippen LogP contribution in [0.1, 0.15) is 126 Å². The molecule has 0 radical (unpaired) electrons. The Hall–Kier alpha value is -1.52. The first-order valence-corrected chi connectivity index (χ1v) is 15.6. The minimum absolute atomic E-state index is 0.0648. The first-order chi connectivity index (χ1) is 16.7. The van der Waals surface area contributed by atoms with E-state index in [0.29, 0.717) is 18.6 Å². The number of nitrogens with one attached hydrogen (secondary N) is 1. The Morgan fingerprint density at radius 2 is 1.23 bits per heavy atom. The summed E-state index contributed by atoms with van der Waals surface area (Å²) >= 11 is -4.22. The lowest BCUT2D eigenvalue weighted by Gasteiger charge is -2.10. The van der Waals surface area contributed by atoms with Crippen LogP contribution < -0.4 is 5.32 Å². The molecule has 0 fully saturated rings. The van der Waals surface area contributed by atoms with E-state index in [2.05, 4.69) is 6.92 Å². The highest BCUT2D eigenvalue weighted by Crippen LogP contribution is 2.32. The minimum atomic E-state index is -4.73. The van der Waals surface area contributed by atoms with Gasteiger partial charge in [-0.05, 0) is 24.6 Å². The van der Waals surface area contributed by atoms with Crippen LogP contribution in [0.2, 0.25) is 0 Å². The molecule has 0 bridgehead atoms. The Morgan fingerprint density at radius 3 is 1.66 bits per heavy atom. The number of halogens is 4. The Labute approximate surface area is 214 Å². The number of amides is 2. The molecular formula is C26H39F3INO4. The number of hydrogen-bond acceptors (Lipinski definition) is 4. The van der Waals surface area contributed by atoms with Crippen molar-refractivity contribution in [2.75, 3.05) is 0 Å². The van der Waals surface area contributed by atoms with Crippen molar-refractivity contribution in [2.45, 2.75) is 116 Å². The number of carbonyl (C=O) groups excluding carboxylic acids is 2. The van der Waals surface area contributed by atoms with Crippen molar-refractivity contribution >= 4 is 31.6 Å². The molecule has 0 aliphatic heterocycles. The smallest absolute Gasteiger partial charge is 0.292 e. The first kappa shape index (κ1) is 31.5. The molecule has 0 aromatic heterocycles. The highest BCUT2D eigenvalue weighted by molar-refractivity contribution is 14.2. The first-order valence-electron chi connectivity index (χ1n) is 12.8. The van der Waals surface area contributed by atoms with Crippen LogP contribution in [0, 0.1) is 3.57 Å². The molecule has 0 saturated heterocycles. The van der Waals surface area contributed by atoms with Gasteiger partial charge in [0.05, 0.1) is 14.7 Å². The maximum atomic E-state index is 12.9. The monoisotopic (exact) mass is 613 g/mol. The predicted molar refractivity (Wildman–Crippen MR) is 138 cm³/mol. The Balaban J connectivity index is 2.20. The maximum Gasteiger partial charge on any atom is 0.416 e. The van der Waals surface area contributed by atoms with Gasteiger partial charge in [-0.15, -0.1) is 0 Å². The Bertz CT molecular complexity index is 845. The lowest BCUT2D eigenvalue weighted by atomic mass is 10.0. The fourth-order valence-corrected chi connectivity index (χ4v) is 5.27. The zero-order chi connectivity index (χ0) is 26.1. The van der Waals surface area contributed by atoms with Crippen LogP contribution in [0.3, 0.4) is 0 Å². The molecule has 200 valence electrons. The second-order valence-electron chi connectivity index (χ2n) is 8.99. The Kier molecular flexibility index (Phi) is 16.1. The SMILES string of the molecule is CCCCCCCCCCCCCCCCCC(=O)NC(=O)c1cc(C(F)(F)F)ccc1I(=O)=O. The zero-order valence-electron chi connectivity index (χ0n) is 20.7. The second-order valence-corrected chi connectivity index (χ2v) is 11.4. The van der Waals surface area contributed by atoms with Crippen LogP contribution in [0.15, 0.2) is 18.2 Å². The zero-order valence-corrected chi connectivity index (χ0v) is 22.8. The molecule has 2 amide bonds. The van der Waals surface area contributed by atoms with Gasteiger partial charge in [-0.3, -0.25) is 14.9 Å². The number of hydrogen-bond donors (Lipinski definition) is 1. The fourth-order valence-electron chi connectivity index (χ4n) is 3.92. The van der Waals surface area contributed by atoms with Crippen molar-refractivity contribution in [2.24, 2.45) is 0 Å². The third kappa shape index (κ3) is 14.0. The molecule has 0 aliphatic rings. The van der Waals surface area contributed by atoms with Crippen LogP contribution in [0.4, 0.5) is 13.2 Å². The van der Waals surface area contributed by atoms with Crippen LogP contribution >= 0.6 is 19.8 Å². The van der Waals surface area contributed by atoms with Gasteiger partial charge >= 0.3 is 26.0 Å². The van der Waals surface area contributed by atoms with E-state index in [1.807, 2.05) is 5.32 Å². The summed E-state index contributed by atoms with van der Waals surface area (Å²) in [5, 5.41) is 2.02. The van der Waals surface area contributed by atoms with Crippen LogP contribution in [-0.4, -0.2) is 11.8 Å². The summed E-state index contributed by atoms with van der Waals surface area (Å²) in [6.07, 6.45) is 13.1. The van der Waals surface area contributed by atoms with Crippen molar-refractivity contribution in [3.8, 4) is 0 Å². The molecule has 1 aromatic carbocycles. The van der Waals surface area contributed by atoms with E-state index in [9.17, 15) is 28.9 Å². The van der Waals surface area contributed by atoms with Gasteiger partial charge in [-0.2, -0.15) is 13.2 Å². The van der Waals surface area contributed by atoms with Gasteiger partial charge in [0.25, 0.3) is 5.91 Å². The van der Waals surface area contributed by atoms with Crippen molar-refractivity contribution < 1.29 is 28.9 Å². The lowest BCUT2D eigenvalue weighted by Crippen LogP contribution is -2.31. The maximum absolute atomic E-state index is 12.9. The summed E-state index contributed by atoms with van der Waals surface area (Å²) in [7, 11) is 0. The van der Waals surface area contributed by atoms with Gasteiger partial charge < -0.3 is 0 Å². The number of alkyl halides is 3. The third-order valence-corrected chi connectivity index (χ3v) is 7.85. The number of benzene rings is 1. The minimum Gasteiger partial charge on any atom is -0.292 e. The number of unbranched alkanes of at least 4 members (excludes halogenated alkanes) is 14. The van der Waals surface area contributed by atoms with Crippen LogP contribution in [-0.2, 0) is 17.1 Å². The molecule has 0 saturated carbocycles. The molecule has 0 unspecified atom stereocenters. The molecular weight excluding hydrogens is 574 g/mol. The molecule has 1 rings (SSSR count). The van der Waals surface area contributed by atoms with Crippen molar-refractivity contribution in [1.29, 1.82) is 0 Å². The summed E-state index contributed by atoms with van der Waals surface area (Å²) in [4.78, 5) is 24.3. The molecule has 35 heavy (non-hydrogen) atoms. The highest BCUT2D eigenvalue weighted by atomic mass is 127. The molecule has 0 aliphatic carbocycles. The van der Waals surface area contributed by atoms with Crippen molar-refractivity contribution in [3.05, 3.63) is 32.9 Å². The quantitative estimate of drug-likeness (QED) is 0.133. The number of rotatable bonds is 18. The van der Waals surface area contributed by atoms with Gasteiger partial charge in [0, 0.05) is 6.42 Å². The predicted octanol–water partition coefficient (Wildman–Crippen LogP) is 8.59. The van der Waals surface area contributed by atoms with Gasteiger partial charge in [-0.25, -0.2) is 6.14 Å². The number of imide groups is 1. The van der Waals surface area contributed by atoms with E-state index in [0.717, 1.165) is 31.7 Å². The van der Waals surface area contributed by atoms with Gasteiger partial charge in [-0.1, -0.05) is 96.8 Å². The molecule has 0 atom stereocenters. The van der Waals surface area contributed by atoms with Gasteiger partial charge in [0.2, 0.25) is 5.91 Å². The lowest BCUT2D eigenvalue weighted by molar-refractivity contribution is -0.137. The normalized spacial score (nSPS) is 11.7. The van der Waals surface area contributed by atoms with Gasteiger partial charge in [0.15, 0.2) is 0 Å². The summed E-state index contributed by atoms with van der Waals surface area (Å²) in [5.74, 6) is -1.74. The average Bonchev–Trinajstić information content (AvgIpc) is 2.80. The molecule has 5 nitrogen and oxygen atoms in total. The van der Waals surface area contributed by atoms with Crippen LogP contribution in [0.5, 0.6) is 0 Å². The van der Waals surface area contributed by atoms with Crippen molar-refractivity contribution in [1.82, 2.24) is 5.32 Å². The summed E-state index contributed by atoms with van der Waals surface area (Å²) < 4.78 is 61.1. The third-order valence-electron chi connectivity index (χ3n) is 5.96. The van der Waals surface area contributed by atoms with Crippen molar-refractivity contribution in [3.63, 3.8) is 0 Å². The highest BCUT2D eigenvalue weighted by Gasteiger charge is 2.32. The molecule has 1 N–H and O–H groups in total. The fraction of sp³-hybridized carbons (Fsp3) is 0.692. The standard InChI is InChI=1S/C26H39F3INO4/c1-2-3-4-5-6-7-8-9-10-11-12-13-14-15-16-17-24(32)31-25(33)22-20-21(26(27,28)29)18-19-23(22)30(34)35/h18-20H,2-17H2,1H3,(H,31,32,33). The largest absolute Gasteiger partial charge is 0.416 e. The summed E-state index contributed by atoms with van der Waals surface area (Å²) in [6.45, 7) is 2.23. The summed E-state index contributed by atoms with van der Waals surface area (Å²) in [6, 6.07) is 1.86. The second kappa shape index (κ2) is 17.8. The molecule has 0 spiro atoms. The van der Waals surface area contributed by atoms with Gasteiger partial charge in [0.1, 0.15) is 0 Å². The topological polar surface area (TPSA) is 80.3 Å². The molecule has 1 aromatic rings. The van der Waals surface area contributed by atoms with E-state index in [1.165, 1.54) is 64.2 Å². The molecule has 9 heteroatoms. The Morgan fingerprint density at radius 1 is 0.771 bits per heavy atom. The van der Waals surface area contributed by atoms with E-state index in [1.54, 1.807) is 0 Å². The van der Waals surface area contributed by atoms with Crippen LogP contribution in [0.25, 0.3) is 0 Å². The van der Waals surface area contributed by atoms with E-state index in [-0.39, 0.29) is 6.42 Å². The van der Waals surface area contributed by atoms with E-state index >= 15 is 0 Å². The summed E-state index contributed by atoms with van der Waals surface area (Å²) in [5.41, 5.74) is -1.78. The average molecular weight is 613 g/mol. The van der Waals surface area contributed by atoms with E-state index in [4.69, 9.17) is 0 Å². The molecule has 0 heterocycles. The number of carbonyl (C=O) groups is 2.